The zero-order valence-corrected chi connectivity index (χ0v) is 16.8. The summed E-state index contributed by atoms with van der Waals surface area (Å²) in [5, 5.41) is 2.47. The van der Waals surface area contributed by atoms with Gasteiger partial charge in [-0.3, -0.25) is 9.35 Å². The molecular weight excluding hydrogens is 507 g/mol. The van der Waals surface area contributed by atoms with Gasteiger partial charge in [-0.25, -0.2) is 4.98 Å². The Bertz CT molecular complexity index is 1130. The van der Waals surface area contributed by atoms with Gasteiger partial charge in [0.15, 0.2) is 0 Å². The summed E-state index contributed by atoms with van der Waals surface area (Å²) in [5.41, 5.74) is -5.94. The molecule has 0 aliphatic carbocycles. The van der Waals surface area contributed by atoms with Gasteiger partial charge in [0.2, 0.25) is 5.88 Å². The molecule has 2 aliphatic heterocycles. The number of carbonyl (C=O) groups excluding carboxylic acids is 1. The highest BCUT2D eigenvalue weighted by Crippen LogP contribution is 2.53. The molecule has 2 aromatic rings. The number of rotatable bonds is 0. The second-order valence-electron chi connectivity index (χ2n) is 6.27. The van der Waals surface area contributed by atoms with Crippen LogP contribution in [0.3, 0.4) is 0 Å². The van der Waals surface area contributed by atoms with Gasteiger partial charge in [0.25, 0.3) is 5.91 Å². The number of para-hydroxylation sites is 1. The molecule has 4 rings (SSSR count). The van der Waals surface area contributed by atoms with Gasteiger partial charge in [0, 0.05) is 21.8 Å². The number of aromatic nitrogens is 1. The Hall–Kier alpha value is -2.32. The van der Waals surface area contributed by atoms with Gasteiger partial charge in [0.05, 0.1) is 6.42 Å². The van der Waals surface area contributed by atoms with E-state index in [-0.39, 0.29) is 5.88 Å². The number of nitrogens with one attached hydrogen (secondary N) is 1. The summed E-state index contributed by atoms with van der Waals surface area (Å²) >= 11 is 3.29. The molecule has 30 heavy (non-hydrogen) atoms. The number of fused-ring (bicyclic) bond motifs is 4. The highest BCUT2D eigenvalue weighted by atomic mass is 79.9. The number of amides is 1. The fourth-order valence-electron chi connectivity index (χ4n) is 3.04. The third kappa shape index (κ3) is 3.86. The van der Waals surface area contributed by atoms with Gasteiger partial charge in [-0.15, -0.1) is 0 Å². The molecule has 1 saturated heterocycles. The third-order valence-corrected chi connectivity index (χ3v) is 5.29. The number of halogens is 6. The molecule has 1 aromatic carbocycles. The van der Waals surface area contributed by atoms with Gasteiger partial charge < -0.3 is 10.1 Å². The summed E-state index contributed by atoms with van der Waals surface area (Å²) in [6, 6.07) is 8.47. The van der Waals surface area contributed by atoms with E-state index >= 15 is 0 Å². The van der Waals surface area contributed by atoms with Crippen molar-refractivity contribution in [1.29, 1.82) is 0 Å². The first kappa shape index (κ1) is 22.4. The molecule has 1 aromatic heterocycles. The van der Waals surface area contributed by atoms with Crippen LogP contribution >= 0.6 is 15.9 Å². The Morgan fingerprint density at radius 1 is 1.20 bits per heavy atom. The maximum absolute atomic E-state index is 14.0. The number of carbonyl (C=O) groups is 1. The zero-order chi connectivity index (χ0) is 22.5. The van der Waals surface area contributed by atoms with Crippen LogP contribution in [0, 0.1) is 0 Å². The number of hydrogen-bond acceptors (Lipinski definition) is 5. The molecule has 1 atom stereocenters. The van der Waals surface area contributed by atoms with E-state index in [0.29, 0.717) is 21.3 Å². The van der Waals surface area contributed by atoms with Crippen LogP contribution in [0.15, 0.2) is 41.0 Å². The van der Waals surface area contributed by atoms with Crippen LogP contribution in [-0.2, 0) is 20.5 Å². The molecular formula is C16H10BrF5N2O5S. The van der Waals surface area contributed by atoms with E-state index < -0.39 is 39.4 Å². The van der Waals surface area contributed by atoms with Gasteiger partial charge >= 0.3 is 21.5 Å². The van der Waals surface area contributed by atoms with Crippen LogP contribution in [-0.4, -0.2) is 35.3 Å². The van der Waals surface area contributed by atoms with Crippen molar-refractivity contribution in [3.63, 3.8) is 0 Å². The minimum Gasteiger partial charge on any atom is -0.438 e. The van der Waals surface area contributed by atoms with Crippen molar-refractivity contribution in [3.8, 4) is 11.6 Å². The fraction of sp³-hybridized carbons (Fsp3) is 0.250. The number of alkyl halides is 5. The van der Waals surface area contributed by atoms with Crippen LogP contribution in [0.25, 0.3) is 0 Å². The highest BCUT2D eigenvalue weighted by molar-refractivity contribution is 9.10. The van der Waals surface area contributed by atoms with Gasteiger partial charge in [-0.05, 0) is 28.1 Å². The Morgan fingerprint density at radius 3 is 2.33 bits per heavy atom. The smallest absolute Gasteiger partial charge is 0.438 e. The maximum atomic E-state index is 14.0. The van der Waals surface area contributed by atoms with Gasteiger partial charge in [0.1, 0.15) is 11.3 Å². The molecule has 3 heterocycles. The van der Waals surface area contributed by atoms with Crippen molar-refractivity contribution in [2.45, 2.75) is 23.4 Å². The summed E-state index contributed by atoms with van der Waals surface area (Å²) in [4.78, 5) is 15.9. The third-order valence-electron chi connectivity index (χ3n) is 4.27. The zero-order valence-electron chi connectivity index (χ0n) is 14.4. The van der Waals surface area contributed by atoms with Crippen LogP contribution in [0.2, 0.25) is 0 Å². The predicted molar refractivity (Wildman–Crippen MR) is 94.5 cm³/mol. The molecule has 7 nitrogen and oxygen atoms in total. The molecule has 1 unspecified atom stereocenters. The van der Waals surface area contributed by atoms with Crippen LogP contribution in [0.4, 0.5) is 22.0 Å². The first-order chi connectivity index (χ1) is 13.7. The SMILES string of the molecule is O=C1NC2(CC1(F)F)c1ccccc1Oc1ncc(Br)cc12.O=S(=O)(O)C(F)(F)F. The second kappa shape index (κ2) is 7.13. The average Bonchev–Trinajstić information content (AvgIpc) is 2.85. The van der Waals surface area contributed by atoms with Crippen molar-refractivity contribution in [3.05, 3.63) is 52.1 Å². The number of hydrogen-bond donors (Lipinski definition) is 2. The maximum Gasteiger partial charge on any atom is 0.522 e. The van der Waals surface area contributed by atoms with Crippen molar-refractivity contribution in [1.82, 2.24) is 10.3 Å². The lowest BCUT2D eigenvalue weighted by molar-refractivity contribution is -0.139. The summed E-state index contributed by atoms with van der Waals surface area (Å²) in [6.45, 7) is 0. The van der Waals surface area contributed by atoms with Crippen molar-refractivity contribution < 1.29 is 44.5 Å². The van der Waals surface area contributed by atoms with Crippen molar-refractivity contribution >= 4 is 32.0 Å². The lowest BCUT2D eigenvalue weighted by Gasteiger charge is -2.36. The summed E-state index contributed by atoms with van der Waals surface area (Å²) in [5.74, 6) is -4.08. The largest absolute Gasteiger partial charge is 0.522 e. The monoisotopic (exact) mass is 516 g/mol. The van der Waals surface area contributed by atoms with Gasteiger partial charge in [-0.1, -0.05) is 18.2 Å². The Kier molecular flexibility index (Phi) is 5.31. The summed E-state index contributed by atoms with van der Waals surface area (Å²) in [7, 11) is -5.84. The summed E-state index contributed by atoms with van der Waals surface area (Å²) < 4.78 is 91.8. The van der Waals surface area contributed by atoms with Crippen molar-refractivity contribution in [2.24, 2.45) is 0 Å². The minimum atomic E-state index is -5.84. The first-order valence-corrected chi connectivity index (χ1v) is 10.1. The molecule has 0 radical (unpaired) electrons. The fourth-order valence-corrected chi connectivity index (χ4v) is 3.37. The van der Waals surface area contributed by atoms with Crippen LogP contribution < -0.4 is 10.1 Å². The number of benzene rings is 1. The molecule has 1 fully saturated rings. The highest BCUT2D eigenvalue weighted by Gasteiger charge is 2.60. The van der Waals surface area contributed by atoms with Crippen LogP contribution in [0.1, 0.15) is 17.5 Å². The van der Waals surface area contributed by atoms with E-state index in [1.807, 2.05) is 0 Å². The van der Waals surface area contributed by atoms with E-state index in [0.717, 1.165) is 0 Å². The molecule has 0 saturated carbocycles. The van der Waals surface area contributed by atoms with E-state index in [1.54, 1.807) is 30.3 Å². The topological polar surface area (TPSA) is 106 Å². The Labute approximate surface area is 174 Å². The van der Waals surface area contributed by atoms with E-state index in [9.17, 15) is 26.7 Å². The normalized spacial score (nSPS) is 21.6. The molecule has 0 bridgehead atoms. The van der Waals surface area contributed by atoms with E-state index in [2.05, 4.69) is 26.2 Å². The molecule has 14 heteroatoms. The van der Waals surface area contributed by atoms with Gasteiger partial charge in [-0.2, -0.15) is 30.4 Å². The number of pyridine rings is 1. The van der Waals surface area contributed by atoms with E-state index in [1.165, 1.54) is 6.20 Å². The predicted octanol–water partition coefficient (Wildman–Crippen LogP) is 3.74. The second-order valence-corrected chi connectivity index (χ2v) is 8.59. The molecule has 1 amide bonds. The standard InChI is InChI=1S/C15H9BrF2N2O2.CHF3O3S/c16-8-5-10-12(19-6-8)22-11-4-2-1-3-9(11)14(10)7-15(17,18)13(21)20-14;2-1(3,4)8(5,6)7/h1-6H,7H2,(H,20,21);(H,5,6,7). The molecule has 162 valence electrons. The lowest BCUT2D eigenvalue weighted by atomic mass is 9.79. The first-order valence-electron chi connectivity index (χ1n) is 7.85. The molecule has 2 aliphatic rings. The molecule has 2 N–H and O–H groups in total. The van der Waals surface area contributed by atoms with Crippen molar-refractivity contribution in [2.75, 3.05) is 0 Å². The number of ether oxygens (including phenoxy) is 1. The minimum absolute atomic E-state index is 0.222. The Balaban J connectivity index is 0.000000275. The van der Waals surface area contributed by atoms with Crippen LogP contribution in [0.5, 0.6) is 11.6 Å². The lowest BCUT2D eigenvalue weighted by Crippen LogP contribution is -2.42. The average molecular weight is 517 g/mol. The summed E-state index contributed by atoms with van der Waals surface area (Å²) in [6.07, 6.45) is 0.861. The molecule has 1 spiro atoms. The number of nitrogens with zero attached hydrogens (tertiary/aromatic N) is 1. The Morgan fingerprint density at radius 2 is 1.80 bits per heavy atom. The van der Waals surface area contributed by atoms with E-state index in [4.69, 9.17) is 17.7 Å². The quantitative estimate of drug-likeness (QED) is 0.314.